The summed E-state index contributed by atoms with van der Waals surface area (Å²) in [5.41, 5.74) is 4.90. The van der Waals surface area contributed by atoms with Gasteiger partial charge in [-0.1, -0.05) is 30.3 Å². The highest BCUT2D eigenvalue weighted by atomic mass is 16.5. The Morgan fingerprint density at radius 1 is 1.16 bits per heavy atom. The maximum absolute atomic E-state index is 12.1. The molecule has 0 unspecified atom stereocenters. The van der Waals surface area contributed by atoms with Gasteiger partial charge < -0.3 is 19.9 Å². The van der Waals surface area contributed by atoms with Crippen molar-refractivity contribution in [1.29, 1.82) is 5.26 Å². The first-order valence-electron chi connectivity index (χ1n) is 13.1. The van der Waals surface area contributed by atoms with Crippen LogP contribution >= 0.6 is 0 Å². The summed E-state index contributed by atoms with van der Waals surface area (Å²) in [5.74, 6) is 0.512. The zero-order chi connectivity index (χ0) is 27.1. The van der Waals surface area contributed by atoms with Crippen LogP contribution in [0.4, 0.5) is 0 Å². The van der Waals surface area contributed by atoms with Gasteiger partial charge in [0.1, 0.15) is 24.5 Å². The van der Waals surface area contributed by atoms with E-state index in [4.69, 9.17) is 9.47 Å². The van der Waals surface area contributed by atoms with Crippen molar-refractivity contribution in [3.63, 3.8) is 0 Å². The fraction of sp³-hybridized carbons (Fsp3) is 0.387. The molecule has 1 aliphatic rings. The number of aliphatic hydroxyl groups is 1. The third-order valence-electron chi connectivity index (χ3n) is 6.87. The number of nitriles is 1. The summed E-state index contributed by atoms with van der Waals surface area (Å²) in [6.45, 7) is 6.77. The molecule has 0 saturated heterocycles. The molecule has 1 aliphatic carbocycles. The largest absolute Gasteiger partial charge is 0.489 e. The molecular formula is C31H35N3O4. The van der Waals surface area contributed by atoms with E-state index >= 15 is 0 Å². The van der Waals surface area contributed by atoms with E-state index in [1.54, 1.807) is 37.4 Å². The van der Waals surface area contributed by atoms with Crippen molar-refractivity contribution in [2.75, 3.05) is 19.8 Å². The van der Waals surface area contributed by atoms with Crippen molar-refractivity contribution in [3.8, 4) is 22.9 Å². The Kier molecular flexibility index (Phi) is 8.77. The highest BCUT2D eigenvalue weighted by molar-refractivity contribution is 5.90. The molecule has 0 fully saturated rings. The molecule has 0 amide bonds. The van der Waals surface area contributed by atoms with Crippen LogP contribution < -0.4 is 10.1 Å². The van der Waals surface area contributed by atoms with E-state index in [0.29, 0.717) is 34.9 Å². The number of carbonyl (C=O) groups excluding carboxylic acids is 1. The second-order valence-corrected chi connectivity index (χ2v) is 10.5. The fourth-order valence-electron chi connectivity index (χ4n) is 5.06. The Morgan fingerprint density at radius 2 is 1.89 bits per heavy atom. The zero-order valence-electron chi connectivity index (χ0n) is 22.2. The maximum Gasteiger partial charge on any atom is 0.339 e. The monoisotopic (exact) mass is 513 g/mol. The number of ether oxygens (including phenoxy) is 2. The van der Waals surface area contributed by atoms with Crippen LogP contribution in [0.15, 0.2) is 60.9 Å². The summed E-state index contributed by atoms with van der Waals surface area (Å²) >= 11 is 0. The van der Waals surface area contributed by atoms with Gasteiger partial charge in [-0.2, -0.15) is 5.26 Å². The van der Waals surface area contributed by atoms with Crippen LogP contribution in [0.25, 0.3) is 11.1 Å². The van der Waals surface area contributed by atoms with E-state index in [-0.39, 0.29) is 18.8 Å². The predicted octanol–water partition coefficient (Wildman–Crippen LogP) is 4.71. The fourth-order valence-corrected chi connectivity index (χ4v) is 5.06. The standard InChI is InChI=1S/C31H35N3O4/c1-4-37-30(36)27-13-26(17-33-18-27)24-9-10-25(16-32)29(14-24)38-20-28(35)19-34-31(2,3)15-21-11-22-7-5-6-8-23(22)12-21/h5-10,13-14,17-18,21,28,34-35H,4,11-12,15,19-20H2,1-3H3/t28-/m1/s1. The molecule has 38 heavy (non-hydrogen) atoms. The van der Waals surface area contributed by atoms with Crippen LogP contribution in [0.3, 0.4) is 0 Å². The number of fused-ring (bicyclic) bond motifs is 1. The second-order valence-electron chi connectivity index (χ2n) is 10.5. The second kappa shape index (κ2) is 12.2. The minimum atomic E-state index is -0.751. The van der Waals surface area contributed by atoms with Crippen molar-refractivity contribution in [2.45, 2.75) is 51.7 Å². The van der Waals surface area contributed by atoms with E-state index in [0.717, 1.165) is 24.8 Å². The van der Waals surface area contributed by atoms with Crippen molar-refractivity contribution < 1.29 is 19.4 Å². The van der Waals surface area contributed by atoms with Crippen LogP contribution in [0.5, 0.6) is 5.75 Å². The summed E-state index contributed by atoms with van der Waals surface area (Å²) in [7, 11) is 0. The Morgan fingerprint density at radius 3 is 2.58 bits per heavy atom. The summed E-state index contributed by atoms with van der Waals surface area (Å²) in [6, 6.07) is 17.6. The first-order chi connectivity index (χ1) is 18.3. The number of β-amino-alcohol motifs (C(OH)–C–C–N with tert-alkyl or cyclic N) is 1. The van der Waals surface area contributed by atoms with Crippen LogP contribution in [-0.2, 0) is 17.6 Å². The molecule has 4 rings (SSSR count). The first-order valence-corrected chi connectivity index (χ1v) is 13.1. The smallest absolute Gasteiger partial charge is 0.339 e. The number of benzene rings is 2. The lowest BCUT2D eigenvalue weighted by Gasteiger charge is -2.30. The third kappa shape index (κ3) is 6.97. The first kappa shape index (κ1) is 27.3. The molecule has 2 aromatic carbocycles. The van der Waals surface area contributed by atoms with E-state index in [2.05, 4.69) is 54.5 Å². The zero-order valence-corrected chi connectivity index (χ0v) is 22.2. The normalized spacial score (nSPS) is 14.0. The minimum absolute atomic E-state index is 0.0389. The number of aromatic nitrogens is 1. The van der Waals surface area contributed by atoms with Crippen molar-refractivity contribution in [3.05, 3.63) is 83.2 Å². The molecule has 2 N–H and O–H groups in total. The van der Waals surface area contributed by atoms with Crippen LogP contribution in [0.1, 0.15) is 54.2 Å². The van der Waals surface area contributed by atoms with Gasteiger partial charge in [-0.15, -0.1) is 0 Å². The highest BCUT2D eigenvalue weighted by Gasteiger charge is 2.28. The molecule has 0 saturated carbocycles. The van der Waals surface area contributed by atoms with E-state index < -0.39 is 12.1 Å². The lowest BCUT2D eigenvalue weighted by atomic mass is 9.88. The third-order valence-corrected chi connectivity index (χ3v) is 6.87. The average Bonchev–Trinajstić information content (AvgIpc) is 3.32. The molecule has 1 atom stereocenters. The molecule has 1 heterocycles. The predicted molar refractivity (Wildman–Crippen MR) is 146 cm³/mol. The molecule has 7 heteroatoms. The number of pyridine rings is 1. The Bertz CT molecular complexity index is 1290. The number of carbonyl (C=O) groups is 1. The summed E-state index contributed by atoms with van der Waals surface area (Å²) < 4.78 is 10.9. The molecule has 0 bridgehead atoms. The molecule has 3 aromatic rings. The van der Waals surface area contributed by atoms with Gasteiger partial charge >= 0.3 is 5.97 Å². The summed E-state index contributed by atoms with van der Waals surface area (Å²) in [5, 5.41) is 23.7. The van der Waals surface area contributed by atoms with Gasteiger partial charge in [0.2, 0.25) is 0 Å². The number of hydrogen-bond donors (Lipinski definition) is 2. The van der Waals surface area contributed by atoms with Gasteiger partial charge in [0.25, 0.3) is 0 Å². The highest BCUT2D eigenvalue weighted by Crippen LogP contribution is 2.32. The number of rotatable bonds is 11. The number of esters is 1. The lowest BCUT2D eigenvalue weighted by Crippen LogP contribution is -2.46. The number of nitrogens with one attached hydrogen (secondary N) is 1. The summed E-state index contributed by atoms with van der Waals surface area (Å²) in [4.78, 5) is 16.2. The van der Waals surface area contributed by atoms with Crippen LogP contribution in [0.2, 0.25) is 0 Å². The van der Waals surface area contributed by atoms with Gasteiger partial charge in [-0.25, -0.2) is 4.79 Å². The average molecular weight is 514 g/mol. The molecule has 198 valence electrons. The van der Waals surface area contributed by atoms with Crippen molar-refractivity contribution in [1.82, 2.24) is 10.3 Å². The van der Waals surface area contributed by atoms with E-state index in [9.17, 15) is 15.2 Å². The minimum Gasteiger partial charge on any atom is -0.489 e. The molecular weight excluding hydrogens is 478 g/mol. The van der Waals surface area contributed by atoms with Crippen molar-refractivity contribution >= 4 is 5.97 Å². The maximum atomic E-state index is 12.1. The van der Waals surface area contributed by atoms with E-state index in [1.165, 1.54) is 17.3 Å². The van der Waals surface area contributed by atoms with Gasteiger partial charge in [0.15, 0.2) is 0 Å². The quantitative estimate of drug-likeness (QED) is 0.358. The van der Waals surface area contributed by atoms with Crippen LogP contribution in [0, 0.1) is 17.2 Å². The van der Waals surface area contributed by atoms with Gasteiger partial charge in [-0.3, -0.25) is 4.98 Å². The SMILES string of the molecule is CCOC(=O)c1cncc(-c2ccc(C#N)c(OC[C@H](O)CNC(C)(C)CC3Cc4ccccc4C3)c2)c1. The molecule has 7 nitrogen and oxygen atoms in total. The number of nitrogens with zero attached hydrogens (tertiary/aromatic N) is 2. The summed E-state index contributed by atoms with van der Waals surface area (Å²) in [6.07, 6.45) is 5.54. The molecule has 0 radical (unpaired) electrons. The van der Waals surface area contributed by atoms with Crippen LogP contribution in [-0.4, -0.2) is 47.5 Å². The Balaban J connectivity index is 1.33. The van der Waals surface area contributed by atoms with Gasteiger partial charge in [0.05, 0.1) is 17.7 Å². The Labute approximate surface area is 224 Å². The van der Waals surface area contributed by atoms with Crippen molar-refractivity contribution in [2.24, 2.45) is 5.92 Å². The number of aliphatic hydroxyl groups excluding tert-OH is 1. The lowest BCUT2D eigenvalue weighted by molar-refractivity contribution is 0.0526. The number of hydrogen-bond acceptors (Lipinski definition) is 7. The van der Waals surface area contributed by atoms with Gasteiger partial charge in [0, 0.05) is 30.0 Å². The van der Waals surface area contributed by atoms with Gasteiger partial charge in [-0.05, 0) is 80.8 Å². The molecule has 0 aliphatic heterocycles. The Hall–Kier alpha value is -3.73. The molecule has 0 spiro atoms. The molecule has 1 aromatic heterocycles. The topological polar surface area (TPSA) is 104 Å². The van der Waals surface area contributed by atoms with E-state index in [1.807, 2.05) is 0 Å².